The van der Waals surface area contributed by atoms with Crippen molar-refractivity contribution in [3.63, 3.8) is 0 Å². The van der Waals surface area contributed by atoms with Crippen molar-refractivity contribution in [2.75, 3.05) is 5.32 Å². The third-order valence-electron chi connectivity index (χ3n) is 3.49. The second-order valence-electron chi connectivity index (χ2n) is 5.18. The molecule has 0 spiro atoms. The molecular formula is C16H15BrN4O2. The summed E-state index contributed by atoms with van der Waals surface area (Å²) in [6.07, 6.45) is 1.89. The van der Waals surface area contributed by atoms with Crippen molar-refractivity contribution in [3.05, 3.63) is 52.0 Å². The predicted octanol–water partition coefficient (Wildman–Crippen LogP) is 3.63. The third kappa shape index (κ3) is 3.50. The topological polar surface area (TPSA) is 83.8 Å². The highest BCUT2D eigenvalue weighted by molar-refractivity contribution is 9.10. The normalized spacial score (nSPS) is 10.7. The van der Waals surface area contributed by atoms with Gasteiger partial charge in [0.05, 0.1) is 24.0 Å². The molecule has 0 aliphatic carbocycles. The van der Waals surface area contributed by atoms with E-state index >= 15 is 0 Å². The van der Waals surface area contributed by atoms with E-state index in [1.165, 1.54) is 0 Å². The lowest BCUT2D eigenvalue weighted by Crippen LogP contribution is -2.16. The standard InChI is InChI=1S/C16H15BrN4O2/c1-9-13(10(2)23-21-9)7-15(22)20-16-18-8-14(19-16)11-4-3-5-12(17)6-11/h3-6,8H,7H2,1-2H3,(H2,18,19,20,22). The molecule has 23 heavy (non-hydrogen) atoms. The Bertz CT molecular complexity index is 834. The Kier molecular flexibility index (Phi) is 4.29. The van der Waals surface area contributed by atoms with Crippen molar-refractivity contribution in [1.29, 1.82) is 0 Å². The molecule has 0 radical (unpaired) electrons. The maximum Gasteiger partial charge on any atom is 0.231 e. The van der Waals surface area contributed by atoms with Gasteiger partial charge in [-0.15, -0.1) is 0 Å². The number of H-pyrrole nitrogens is 1. The van der Waals surface area contributed by atoms with E-state index in [-0.39, 0.29) is 12.3 Å². The Morgan fingerprint density at radius 1 is 1.39 bits per heavy atom. The Hall–Kier alpha value is -2.41. The predicted molar refractivity (Wildman–Crippen MR) is 90.0 cm³/mol. The second kappa shape index (κ2) is 6.37. The van der Waals surface area contributed by atoms with Crippen molar-refractivity contribution in [2.24, 2.45) is 0 Å². The summed E-state index contributed by atoms with van der Waals surface area (Å²) in [7, 11) is 0. The fourth-order valence-corrected chi connectivity index (χ4v) is 2.68. The number of amides is 1. The highest BCUT2D eigenvalue weighted by Gasteiger charge is 2.14. The highest BCUT2D eigenvalue weighted by Crippen LogP contribution is 2.22. The van der Waals surface area contributed by atoms with Crippen LogP contribution >= 0.6 is 15.9 Å². The van der Waals surface area contributed by atoms with Gasteiger partial charge in [0.2, 0.25) is 11.9 Å². The van der Waals surface area contributed by atoms with Gasteiger partial charge in [0.1, 0.15) is 5.76 Å². The first-order valence-electron chi connectivity index (χ1n) is 7.05. The molecule has 0 saturated heterocycles. The van der Waals surface area contributed by atoms with Gasteiger partial charge in [0.25, 0.3) is 0 Å². The molecule has 7 heteroatoms. The third-order valence-corrected chi connectivity index (χ3v) is 3.98. The second-order valence-corrected chi connectivity index (χ2v) is 6.10. The number of hydrogen-bond acceptors (Lipinski definition) is 4. The van der Waals surface area contributed by atoms with Gasteiger partial charge in [-0.2, -0.15) is 0 Å². The minimum Gasteiger partial charge on any atom is -0.361 e. The van der Waals surface area contributed by atoms with Gasteiger partial charge < -0.3 is 9.51 Å². The van der Waals surface area contributed by atoms with E-state index in [4.69, 9.17) is 4.52 Å². The minimum absolute atomic E-state index is 0.172. The summed E-state index contributed by atoms with van der Waals surface area (Å²) < 4.78 is 6.04. The van der Waals surface area contributed by atoms with Gasteiger partial charge in [-0.25, -0.2) is 4.98 Å². The molecule has 0 fully saturated rings. The molecule has 1 aromatic carbocycles. The molecule has 2 aromatic heterocycles. The molecule has 0 aliphatic heterocycles. The van der Waals surface area contributed by atoms with Crippen LogP contribution in [0.3, 0.4) is 0 Å². The zero-order valence-corrected chi connectivity index (χ0v) is 14.3. The fourth-order valence-electron chi connectivity index (χ4n) is 2.28. The Labute approximate surface area is 141 Å². The summed E-state index contributed by atoms with van der Waals surface area (Å²) >= 11 is 3.43. The lowest BCUT2D eigenvalue weighted by Gasteiger charge is -2.02. The molecule has 3 aromatic rings. The lowest BCUT2D eigenvalue weighted by atomic mass is 10.1. The van der Waals surface area contributed by atoms with E-state index < -0.39 is 0 Å². The number of nitrogens with one attached hydrogen (secondary N) is 2. The van der Waals surface area contributed by atoms with Gasteiger partial charge in [0.15, 0.2) is 0 Å². The monoisotopic (exact) mass is 374 g/mol. The van der Waals surface area contributed by atoms with Gasteiger partial charge in [0, 0.05) is 15.6 Å². The summed E-state index contributed by atoms with van der Waals surface area (Å²) in [6, 6.07) is 7.83. The van der Waals surface area contributed by atoms with E-state index in [9.17, 15) is 4.79 Å². The number of carbonyl (C=O) groups excluding carboxylic acids is 1. The van der Waals surface area contributed by atoms with Crippen LogP contribution in [-0.4, -0.2) is 21.0 Å². The van der Waals surface area contributed by atoms with Crippen molar-refractivity contribution in [3.8, 4) is 11.3 Å². The van der Waals surface area contributed by atoms with Crippen molar-refractivity contribution >= 4 is 27.8 Å². The zero-order chi connectivity index (χ0) is 16.4. The van der Waals surface area contributed by atoms with Gasteiger partial charge in [-0.1, -0.05) is 33.2 Å². The maximum atomic E-state index is 12.1. The molecule has 6 nitrogen and oxygen atoms in total. The number of hydrogen-bond donors (Lipinski definition) is 2. The van der Waals surface area contributed by atoms with Crippen molar-refractivity contribution < 1.29 is 9.32 Å². The molecule has 0 unspecified atom stereocenters. The largest absolute Gasteiger partial charge is 0.361 e. The fraction of sp³-hybridized carbons (Fsp3) is 0.188. The molecule has 1 amide bonds. The quantitative estimate of drug-likeness (QED) is 0.730. The van der Waals surface area contributed by atoms with Crippen LogP contribution in [-0.2, 0) is 11.2 Å². The van der Waals surface area contributed by atoms with Crippen LogP contribution < -0.4 is 5.32 Å². The van der Waals surface area contributed by atoms with Crippen LogP contribution in [0, 0.1) is 13.8 Å². The van der Waals surface area contributed by atoms with Crippen LogP contribution in [0.4, 0.5) is 5.95 Å². The van der Waals surface area contributed by atoms with Gasteiger partial charge in [-0.3, -0.25) is 10.1 Å². The van der Waals surface area contributed by atoms with Crippen molar-refractivity contribution in [1.82, 2.24) is 15.1 Å². The van der Waals surface area contributed by atoms with E-state index in [1.807, 2.05) is 31.2 Å². The molecule has 0 atom stereocenters. The van der Waals surface area contributed by atoms with Gasteiger partial charge in [-0.05, 0) is 26.0 Å². The van der Waals surface area contributed by atoms with E-state index in [0.29, 0.717) is 11.7 Å². The average molecular weight is 375 g/mol. The molecule has 2 heterocycles. The summed E-state index contributed by atoms with van der Waals surface area (Å²) in [5.74, 6) is 0.901. The zero-order valence-electron chi connectivity index (χ0n) is 12.7. The number of aromatic amines is 1. The van der Waals surface area contributed by atoms with Crippen LogP contribution in [0.25, 0.3) is 11.3 Å². The van der Waals surface area contributed by atoms with E-state index in [1.54, 1.807) is 13.1 Å². The van der Waals surface area contributed by atoms with Crippen LogP contribution in [0.1, 0.15) is 17.0 Å². The number of anilines is 1. The Balaban J connectivity index is 1.70. The first-order chi connectivity index (χ1) is 11.0. The molecule has 0 aliphatic rings. The van der Waals surface area contributed by atoms with E-state index in [2.05, 4.69) is 36.4 Å². The van der Waals surface area contributed by atoms with Crippen LogP contribution in [0.15, 0.2) is 39.5 Å². The summed E-state index contributed by atoms with van der Waals surface area (Å²) in [5.41, 5.74) is 3.35. The molecule has 3 rings (SSSR count). The molecule has 118 valence electrons. The highest BCUT2D eigenvalue weighted by atomic mass is 79.9. The molecule has 0 saturated carbocycles. The van der Waals surface area contributed by atoms with Crippen LogP contribution in [0.2, 0.25) is 0 Å². The minimum atomic E-state index is -0.172. The number of aromatic nitrogens is 3. The van der Waals surface area contributed by atoms with Gasteiger partial charge >= 0.3 is 0 Å². The average Bonchev–Trinajstić information content (AvgIpc) is 3.09. The smallest absolute Gasteiger partial charge is 0.231 e. The Morgan fingerprint density at radius 3 is 2.91 bits per heavy atom. The first kappa shape index (κ1) is 15.5. The summed E-state index contributed by atoms with van der Waals surface area (Å²) in [6.45, 7) is 3.61. The molecule has 2 N–H and O–H groups in total. The number of benzene rings is 1. The lowest BCUT2D eigenvalue weighted by molar-refractivity contribution is -0.115. The molecular weight excluding hydrogens is 360 g/mol. The summed E-state index contributed by atoms with van der Waals surface area (Å²) in [5, 5.41) is 6.60. The van der Waals surface area contributed by atoms with E-state index in [0.717, 1.165) is 27.0 Å². The number of halogens is 1. The maximum absolute atomic E-state index is 12.1. The van der Waals surface area contributed by atoms with Crippen LogP contribution in [0.5, 0.6) is 0 Å². The summed E-state index contributed by atoms with van der Waals surface area (Å²) in [4.78, 5) is 19.4. The Morgan fingerprint density at radius 2 is 2.22 bits per heavy atom. The number of nitrogens with zero attached hydrogens (tertiary/aromatic N) is 2. The number of rotatable bonds is 4. The number of carbonyl (C=O) groups is 1. The van der Waals surface area contributed by atoms with Crippen molar-refractivity contribution in [2.45, 2.75) is 20.3 Å². The first-order valence-corrected chi connectivity index (χ1v) is 7.85. The molecule has 0 bridgehead atoms. The number of aryl methyl sites for hydroxylation is 2. The SMILES string of the molecule is Cc1noc(C)c1CC(=O)Nc1ncc(-c2cccc(Br)c2)[nH]1. The number of imidazole rings is 1.